The van der Waals surface area contributed by atoms with Crippen molar-refractivity contribution in [3.8, 4) is 0 Å². The summed E-state index contributed by atoms with van der Waals surface area (Å²) in [5.41, 5.74) is 0. The lowest BCUT2D eigenvalue weighted by Gasteiger charge is -2.19. The summed E-state index contributed by atoms with van der Waals surface area (Å²) in [6.07, 6.45) is 2.15. The molecule has 0 aliphatic carbocycles. The molecule has 1 atom stereocenters. The van der Waals surface area contributed by atoms with E-state index in [-0.39, 0.29) is 0 Å². The van der Waals surface area contributed by atoms with Crippen LogP contribution in [-0.2, 0) is 13.0 Å². The fourth-order valence-electron chi connectivity index (χ4n) is 2.35. The molecule has 5 heteroatoms. The molecule has 1 N–H and O–H groups in total. The Morgan fingerprint density at radius 2 is 2.35 bits per heavy atom. The predicted octanol–water partition coefficient (Wildman–Crippen LogP) is 1.06. The van der Waals surface area contributed by atoms with Gasteiger partial charge in [0.1, 0.15) is 0 Å². The second-order valence-corrected chi connectivity index (χ2v) is 5.08. The fourth-order valence-corrected chi connectivity index (χ4v) is 2.35. The predicted molar refractivity (Wildman–Crippen MR) is 65.6 cm³/mol. The lowest BCUT2D eigenvalue weighted by atomic mass is 10.1. The first-order valence-corrected chi connectivity index (χ1v) is 6.39. The molecular formula is C12H22N4O. The number of likely N-dealkylation sites (tertiary alicyclic amines) is 1. The van der Waals surface area contributed by atoms with Gasteiger partial charge in [-0.25, -0.2) is 0 Å². The molecule has 5 nitrogen and oxygen atoms in total. The third-order valence-corrected chi connectivity index (χ3v) is 3.36. The van der Waals surface area contributed by atoms with E-state index in [0.29, 0.717) is 18.5 Å². The van der Waals surface area contributed by atoms with E-state index in [1.54, 1.807) is 0 Å². The van der Waals surface area contributed by atoms with Crippen molar-refractivity contribution >= 4 is 0 Å². The highest BCUT2D eigenvalue weighted by Gasteiger charge is 2.25. The zero-order chi connectivity index (χ0) is 12.3. The highest BCUT2D eigenvalue weighted by atomic mass is 16.5. The minimum absolute atomic E-state index is 0.641. The van der Waals surface area contributed by atoms with Crippen molar-refractivity contribution < 1.29 is 4.52 Å². The van der Waals surface area contributed by atoms with Gasteiger partial charge in [0.2, 0.25) is 5.89 Å². The number of hydrogen-bond acceptors (Lipinski definition) is 5. The normalized spacial score (nSPS) is 21.5. The number of aromatic nitrogens is 2. The van der Waals surface area contributed by atoms with Crippen molar-refractivity contribution in [1.82, 2.24) is 20.4 Å². The molecule has 0 amide bonds. The van der Waals surface area contributed by atoms with E-state index in [4.69, 9.17) is 4.52 Å². The maximum Gasteiger partial charge on any atom is 0.227 e. The van der Waals surface area contributed by atoms with E-state index in [1.165, 1.54) is 13.0 Å². The quantitative estimate of drug-likeness (QED) is 0.831. The van der Waals surface area contributed by atoms with Gasteiger partial charge < -0.3 is 14.7 Å². The van der Waals surface area contributed by atoms with Crippen LogP contribution in [0.2, 0.25) is 0 Å². The molecule has 1 aromatic heterocycles. The Balaban J connectivity index is 1.84. The Bertz CT molecular complexity index is 350. The topological polar surface area (TPSA) is 54.2 Å². The van der Waals surface area contributed by atoms with Crippen LogP contribution in [0.4, 0.5) is 0 Å². The first-order valence-electron chi connectivity index (χ1n) is 6.39. The van der Waals surface area contributed by atoms with Gasteiger partial charge in [-0.3, -0.25) is 0 Å². The third kappa shape index (κ3) is 3.26. The van der Waals surface area contributed by atoms with Crippen molar-refractivity contribution in [2.24, 2.45) is 5.92 Å². The molecule has 1 unspecified atom stereocenters. The molecule has 96 valence electrons. The molecule has 1 fully saturated rings. The molecule has 0 aromatic carbocycles. The average Bonchev–Trinajstić information content (AvgIpc) is 2.89. The lowest BCUT2D eigenvalue weighted by Crippen LogP contribution is -2.28. The summed E-state index contributed by atoms with van der Waals surface area (Å²) in [5, 5.41) is 6.96. The zero-order valence-electron chi connectivity index (χ0n) is 10.9. The van der Waals surface area contributed by atoms with Crippen LogP contribution in [0.1, 0.15) is 32.0 Å². The van der Waals surface area contributed by atoms with Gasteiger partial charge in [-0.1, -0.05) is 5.16 Å². The number of rotatable bonds is 5. The molecule has 0 radical (unpaired) electrons. The molecule has 1 aliphatic heterocycles. The minimum Gasteiger partial charge on any atom is -0.339 e. The molecule has 17 heavy (non-hydrogen) atoms. The van der Waals surface area contributed by atoms with Crippen LogP contribution in [0.5, 0.6) is 0 Å². The number of hydrogen-bond donors (Lipinski definition) is 1. The van der Waals surface area contributed by atoms with Crippen molar-refractivity contribution in [3.63, 3.8) is 0 Å². The molecular weight excluding hydrogens is 216 g/mol. The Morgan fingerprint density at radius 3 is 3.00 bits per heavy atom. The second kappa shape index (κ2) is 5.60. The monoisotopic (exact) mass is 238 g/mol. The van der Waals surface area contributed by atoms with Crippen LogP contribution in [0.15, 0.2) is 4.52 Å². The van der Waals surface area contributed by atoms with Gasteiger partial charge in [-0.2, -0.15) is 4.98 Å². The Labute approximate surface area is 103 Å². The van der Waals surface area contributed by atoms with E-state index in [0.717, 1.165) is 24.7 Å². The van der Waals surface area contributed by atoms with Crippen molar-refractivity contribution in [2.75, 3.05) is 20.1 Å². The van der Waals surface area contributed by atoms with Crippen molar-refractivity contribution in [2.45, 2.75) is 39.3 Å². The molecule has 2 heterocycles. The Kier molecular flexibility index (Phi) is 4.12. The highest BCUT2D eigenvalue weighted by molar-refractivity contribution is 4.90. The minimum atomic E-state index is 0.641. The van der Waals surface area contributed by atoms with Gasteiger partial charge in [0, 0.05) is 19.0 Å². The largest absolute Gasteiger partial charge is 0.339 e. The molecule has 1 aliphatic rings. The van der Waals surface area contributed by atoms with Crippen LogP contribution >= 0.6 is 0 Å². The lowest BCUT2D eigenvalue weighted by molar-refractivity contribution is 0.260. The summed E-state index contributed by atoms with van der Waals surface area (Å²) in [7, 11) is 1.88. The van der Waals surface area contributed by atoms with Gasteiger partial charge >= 0.3 is 0 Å². The maximum atomic E-state index is 5.26. The number of nitrogens with zero attached hydrogens (tertiary/aromatic N) is 3. The van der Waals surface area contributed by atoms with Crippen LogP contribution in [0.25, 0.3) is 0 Å². The van der Waals surface area contributed by atoms with Gasteiger partial charge in [-0.05, 0) is 39.8 Å². The molecule has 1 saturated heterocycles. The standard InChI is InChI=1S/C12H22N4O/c1-9(2)16-5-4-10(8-16)6-12-14-11(7-13-3)15-17-12/h9-10,13H,4-8H2,1-3H3. The van der Waals surface area contributed by atoms with Gasteiger partial charge in [0.05, 0.1) is 6.54 Å². The van der Waals surface area contributed by atoms with E-state index in [9.17, 15) is 0 Å². The molecule has 0 saturated carbocycles. The van der Waals surface area contributed by atoms with Crippen LogP contribution < -0.4 is 5.32 Å². The molecule has 0 bridgehead atoms. The van der Waals surface area contributed by atoms with E-state index in [1.807, 2.05) is 7.05 Å². The highest BCUT2D eigenvalue weighted by Crippen LogP contribution is 2.21. The third-order valence-electron chi connectivity index (χ3n) is 3.36. The SMILES string of the molecule is CNCc1noc(CC2CCN(C(C)C)C2)n1. The smallest absolute Gasteiger partial charge is 0.227 e. The molecule has 2 rings (SSSR count). The summed E-state index contributed by atoms with van der Waals surface area (Å²) in [6.45, 7) is 7.52. The number of nitrogens with one attached hydrogen (secondary N) is 1. The van der Waals surface area contributed by atoms with Gasteiger partial charge in [0.15, 0.2) is 5.82 Å². The van der Waals surface area contributed by atoms with E-state index < -0.39 is 0 Å². The van der Waals surface area contributed by atoms with E-state index >= 15 is 0 Å². The van der Waals surface area contributed by atoms with Crippen LogP contribution in [-0.4, -0.2) is 41.2 Å². The second-order valence-electron chi connectivity index (χ2n) is 5.08. The molecule has 1 aromatic rings. The summed E-state index contributed by atoms with van der Waals surface area (Å²) in [5.74, 6) is 2.20. The van der Waals surface area contributed by atoms with Gasteiger partial charge in [0.25, 0.3) is 0 Å². The maximum absolute atomic E-state index is 5.26. The fraction of sp³-hybridized carbons (Fsp3) is 0.833. The van der Waals surface area contributed by atoms with Crippen molar-refractivity contribution in [1.29, 1.82) is 0 Å². The summed E-state index contributed by atoms with van der Waals surface area (Å²) in [6, 6.07) is 0.641. The first kappa shape index (κ1) is 12.5. The van der Waals surface area contributed by atoms with Crippen LogP contribution in [0.3, 0.4) is 0 Å². The average molecular weight is 238 g/mol. The summed E-state index contributed by atoms with van der Waals surface area (Å²) >= 11 is 0. The first-order chi connectivity index (χ1) is 8.19. The summed E-state index contributed by atoms with van der Waals surface area (Å²) < 4.78 is 5.26. The van der Waals surface area contributed by atoms with Crippen molar-refractivity contribution in [3.05, 3.63) is 11.7 Å². The van der Waals surface area contributed by atoms with E-state index in [2.05, 4.69) is 34.2 Å². The van der Waals surface area contributed by atoms with Crippen LogP contribution in [0, 0.1) is 5.92 Å². The Morgan fingerprint density at radius 1 is 1.53 bits per heavy atom. The summed E-state index contributed by atoms with van der Waals surface area (Å²) in [4.78, 5) is 6.88. The zero-order valence-corrected chi connectivity index (χ0v) is 10.9. The molecule has 0 spiro atoms. The van der Waals surface area contributed by atoms with Gasteiger partial charge in [-0.15, -0.1) is 0 Å². The Hall–Kier alpha value is -0.940.